The predicted octanol–water partition coefficient (Wildman–Crippen LogP) is 2.48. The molecule has 2 N–H and O–H groups in total. The molecule has 1 aromatic heterocycles. The maximum absolute atomic E-state index is 11.9. The number of nitrogens with one attached hydrogen (secondary N) is 2. The van der Waals surface area contributed by atoms with E-state index in [4.69, 9.17) is 23.2 Å². The number of benzene rings is 1. The Bertz CT molecular complexity index is 693. The smallest absolute Gasteiger partial charge is 0.254 e. The van der Waals surface area contributed by atoms with Crippen LogP contribution in [-0.2, 0) is 11.2 Å². The molecule has 0 atom stereocenters. The van der Waals surface area contributed by atoms with Crippen LogP contribution in [0.2, 0.25) is 10.3 Å². The minimum atomic E-state index is -0.364. The first-order chi connectivity index (χ1) is 11.1. The van der Waals surface area contributed by atoms with Crippen LogP contribution in [0.15, 0.2) is 42.5 Å². The summed E-state index contributed by atoms with van der Waals surface area (Å²) in [4.78, 5) is 27.5. The largest absolute Gasteiger partial charge is 0.354 e. The maximum Gasteiger partial charge on any atom is 0.254 e. The van der Waals surface area contributed by atoms with E-state index in [9.17, 15) is 9.59 Å². The van der Waals surface area contributed by atoms with Gasteiger partial charge in [-0.05, 0) is 17.7 Å². The van der Waals surface area contributed by atoms with Gasteiger partial charge in [-0.1, -0.05) is 53.5 Å². The summed E-state index contributed by atoms with van der Waals surface area (Å²) < 4.78 is 0. The molecule has 0 saturated carbocycles. The average molecular weight is 352 g/mol. The fourth-order valence-electron chi connectivity index (χ4n) is 1.90. The van der Waals surface area contributed by atoms with Crippen LogP contribution in [0.5, 0.6) is 0 Å². The molecular weight excluding hydrogens is 337 g/mol. The molecule has 5 nitrogen and oxygen atoms in total. The van der Waals surface area contributed by atoms with Crippen LogP contribution < -0.4 is 10.6 Å². The number of pyridine rings is 1. The highest BCUT2D eigenvalue weighted by Crippen LogP contribution is 2.16. The molecule has 7 heteroatoms. The number of carbonyl (C=O) groups excluding carboxylic acids is 2. The van der Waals surface area contributed by atoms with Gasteiger partial charge in [0, 0.05) is 13.1 Å². The van der Waals surface area contributed by atoms with Gasteiger partial charge in [-0.2, -0.15) is 0 Å². The van der Waals surface area contributed by atoms with Gasteiger partial charge in [0.1, 0.15) is 10.3 Å². The summed E-state index contributed by atoms with van der Waals surface area (Å²) in [6, 6.07) is 12.4. The van der Waals surface area contributed by atoms with Crippen LogP contribution in [0.3, 0.4) is 0 Å². The minimum Gasteiger partial charge on any atom is -0.354 e. The van der Waals surface area contributed by atoms with Gasteiger partial charge in [-0.3, -0.25) is 9.59 Å². The van der Waals surface area contributed by atoms with Crippen molar-refractivity contribution in [3.63, 3.8) is 0 Å². The predicted molar refractivity (Wildman–Crippen MR) is 89.7 cm³/mol. The van der Waals surface area contributed by atoms with Crippen molar-refractivity contribution in [2.75, 3.05) is 13.1 Å². The fourth-order valence-corrected chi connectivity index (χ4v) is 2.33. The van der Waals surface area contributed by atoms with E-state index in [1.54, 1.807) is 0 Å². The van der Waals surface area contributed by atoms with Gasteiger partial charge in [0.2, 0.25) is 5.91 Å². The molecule has 1 heterocycles. The number of nitrogens with zero attached hydrogens (tertiary/aromatic N) is 1. The Balaban J connectivity index is 1.72. The summed E-state index contributed by atoms with van der Waals surface area (Å²) >= 11 is 11.5. The highest BCUT2D eigenvalue weighted by Gasteiger charge is 2.11. The molecule has 2 amide bonds. The normalized spacial score (nSPS) is 10.2. The first kappa shape index (κ1) is 17.2. The van der Waals surface area contributed by atoms with Crippen LogP contribution >= 0.6 is 23.2 Å². The number of amides is 2. The lowest BCUT2D eigenvalue weighted by molar-refractivity contribution is -0.120. The van der Waals surface area contributed by atoms with Crippen molar-refractivity contribution in [3.8, 4) is 0 Å². The monoisotopic (exact) mass is 351 g/mol. The lowest BCUT2D eigenvalue weighted by atomic mass is 10.1. The van der Waals surface area contributed by atoms with Crippen LogP contribution in [0.25, 0.3) is 0 Å². The summed E-state index contributed by atoms with van der Waals surface area (Å²) in [5.74, 6) is -0.465. The third kappa shape index (κ3) is 5.54. The van der Waals surface area contributed by atoms with Gasteiger partial charge >= 0.3 is 0 Å². The SMILES string of the molecule is O=C(Cc1ccccc1)NCCNC(=O)c1ccc(Cl)nc1Cl. The molecule has 0 radical (unpaired) electrons. The summed E-state index contributed by atoms with van der Waals surface area (Å²) in [5.41, 5.74) is 1.18. The molecule has 0 bridgehead atoms. The number of rotatable bonds is 6. The van der Waals surface area contributed by atoms with Crippen molar-refractivity contribution in [3.05, 3.63) is 63.9 Å². The van der Waals surface area contributed by atoms with Gasteiger partial charge in [0.05, 0.1) is 12.0 Å². The Kier molecular flexibility index (Phi) is 6.38. The van der Waals surface area contributed by atoms with E-state index < -0.39 is 0 Å². The van der Waals surface area contributed by atoms with Crippen LogP contribution in [-0.4, -0.2) is 29.9 Å². The zero-order valence-electron chi connectivity index (χ0n) is 12.2. The van der Waals surface area contributed by atoms with Gasteiger partial charge in [0.25, 0.3) is 5.91 Å². The van der Waals surface area contributed by atoms with Crippen molar-refractivity contribution < 1.29 is 9.59 Å². The molecular formula is C16H15Cl2N3O2. The Labute approximate surface area is 144 Å². The zero-order chi connectivity index (χ0) is 16.7. The van der Waals surface area contributed by atoms with E-state index >= 15 is 0 Å². The van der Waals surface area contributed by atoms with Gasteiger partial charge in [-0.25, -0.2) is 4.98 Å². The van der Waals surface area contributed by atoms with Crippen molar-refractivity contribution in [1.29, 1.82) is 0 Å². The van der Waals surface area contributed by atoms with E-state index in [1.807, 2.05) is 30.3 Å². The lowest BCUT2D eigenvalue weighted by Gasteiger charge is -2.08. The zero-order valence-corrected chi connectivity index (χ0v) is 13.7. The average Bonchev–Trinajstić information content (AvgIpc) is 2.52. The minimum absolute atomic E-state index is 0.0445. The van der Waals surface area contributed by atoms with Crippen LogP contribution in [0, 0.1) is 0 Å². The van der Waals surface area contributed by atoms with Crippen molar-refractivity contribution in [2.45, 2.75) is 6.42 Å². The second kappa shape index (κ2) is 8.50. The first-order valence-electron chi connectivity index (χ1n) is 6.97. The van der Waals surface area contributed by atoms with E-state index in [-0.39, 0.29) is 34.2 Å². The Morgan fingerprint density at radius 1 is 0.957 bits per heavy atom. The van der Waals surface area contributed by atoms with Crippen LogP contribution in [0.4, 0.5) is 0 Å². The molecule has 0 saturated heterocycles. The highest BCUT2D eigenvalue weighted by molar-refractivity contribution is 6.34. The Morgan fingerprint density at radius 3 is 2.35 bits per heavy atom. The molecule has 0 aliphatic heterocycles. The van der Waals surface area contributed by atoms with E-state index in [1.165, 1.54) is 12.1 Å². The van der Waals surface area contributed by atoms with E-state index in [0.29, 0.717) is 13.0 Å². The van der Waals surface area contributed by atoms with Gasteiger partial charge in [0.15, 0.2) is 0 Å². The molecule has 1 aromatic carbocycles. The maximum atomic E-state index is 11.9. The van der Waals surface area contributed by atoms with Crippen LogP contribution in [0.1, 0.15) is 15.9 Å². The second-order valence-electron chi connectivity index (χ2n) is 4.74. The molecule has 0 fully saturated rings. The summed E-state index contributed by atoms with van der Waals surface area (Å²) in [7, 11) is 0. The Hall–Kier alpha value is -2.11. The van der Waals surface area contributed by atoms with Gasteiger partial charge in [-0.15, -0.1) is 0 Å². The molecule has 0 unspecified atom stereocenters. The molecule has 0 aliphatic rings. The first-order valence-corrected chi connectivity index (χ1v) is 7.72. The number of carbonyl (C=O) groups is 2. The quantitative estimate of drug-likeness (QED) is 0.620. The van der Waals surface area contributed by atoms with E-state index in [2.05, 4.69) is 15.6 Å². The standard InChI is InChI=1S/C16H15Cl2N3O2/c17-13-7-6-12(15(18)21-13)16(23)20-9-8-19-14(22)10-11-4-2-1-3-5-11/h1-7H,8-10H2,(H,19,22)(H,20,23). The molecule has 0 spiro atoms. The number of hydrogen-bond donors (Lipinski definition) is 2. The van der Waals surface area contributed by atoms with E-state index in [0.717, 1.165) is 5.56 Å². The third-order valence-corrected chi connectivity index (χ3v) is 3.50. The topological polar surface area (TPSA) is 71.1 Å². The fraction of sp³-hybridized carbons (Fsp3) is 0.188. The second-order valence-corrected chi connectivity index (χ2v) is 5.49. The molecule has 0 aliphatic carbocycles. The molecule has 120 valence electrons. The summed E-state index contributed by atoms with van der Waals surface area (Å²) in [5, 5.41) is 5.66. The number of halogens is 2. The van der Waals surface area contributed by atoms with Crippen molar-refractivity contribution >= 4 is 35.0 Å². The van der Waals surface area contributed by atoms with Crippen molar-refractivity contribution in [1.82, 2.24) is 15.6 Å². The molecule has 23 heavy (non-hydrogen) atoms. The summed E-state index contributed by atoms with van der Waals surface area (Å²) in [6.45, 7) is 0.619. The van der Waals surface area contributed by atoms with Gasteiger partial charge < -0.3 is 10.6 Å². The van der Waals surface area contributed by atoms with Crippen molar-refractivity contribution in [2.24, 2.45) is 0 Å². The summed E-state index contributed by atoms with van der Waals surface area (Å²) in [6.07, 6.45) is 0.307. The molecule has 2 aromatic rings. The lowest BCUT2D eigenvalue weighted by Crippen LogP contribution is -2.35. The molecule has 2 rings (SSSR count). The Morgan fingerprint density at radius 2 is 1.65 bits per heavy atom. The highest BCUT2D eigenvalue weighted by atomic mass is 35.5. The number of aromatic nitrogens is 1. The third-order valence-electron chi connectivity index (χ3n) is 3.00. The number of hydrogen-bond acceptors (Lipinski definition) is 3.